The highest BCUT2D eigenvalue weighted by atomic mass is 19.4. The van der Waals surface area contributed by atoms with Gasteiger partial charge in [0.2, 0.25) is 5.91 Å². The fourth-order valence-corrected chi connectivity index (χ4v) is 1.48. The first-order valence-corrected chi connectivity index (χ1v) is 6.00. The van der Waals surface area contributed by atoms with Crippen LogP contribution in [0, 0.1) is 0 Å². The molecule has 1 N–H and O–H groups in total. The molecule has 0 saturated heterocycles. The second kappa shape index (κ2) is 7.84. The van der Waals surface area contributed by atoms with E-state index in [0.29, 0.717) is 0 Å². The molecule has 0 saturated carbocycles. The van der Waals surface area contributed by atoms with Crippen molar-refractivity contribution in [3.8, 4) is 5.75 Å². The van der Waals surface area contributed by atoms with Crippen LogP contribution < -0.4 is 10.1 Å². The molecule has 1 aromatic carbocycles. The van der Waals surface area contributed by atoms with Gasteiger partial charge in [-0.15, -0.1) is 0 Å². The van der Waals surface area contributed by atoms with Gasteiger partial charge in [0.15, 0.2) is 0 Å². The van der Waals surface area contributed by atoms with E-state index in [9.17, 15) is 18.0 Å². The molecule has 8 heteroatoms. The largest absolute Gasteiger partial charge is 0.489 e. The quantitative estimate of drug-likeness (QED) is 0.786. The number of halogens is 3. The monoisotopic (exact) mass is 307 g/mol. The van der Waals surface area contributed by atoms with Gasteiger partial charge in [0.25, 0.3) is 0 Å². The normalized spacial score (nSPS) is 11.3. The Bertz CT molecular complexity index is 477. The number of carbonyl (C=O) groups excluding carboxylic acids is 1. The van der Waals surface area contributed by atoms with Crippen LogP contribution in [-0.2, 0) is 20.4 Å². The summed E-state index contributed by atoms with van der Waals surface area (Å²) < 4.78 is 52.8. The number of carbonyl (C=O) groups is 1. The summed E-state index contributed by atoms with van der Waals surface area (Å²) in [6.07, 6.45) is -4.51. The average molecular weight is 307 g/mol. The van der Waals surface area contributed by atoms with E-state index in [4.69, 9.17) is 9.47 Å². The first kappa shape index (κ1) is 17.3. The summed E-state index contributed by atoms with van der Waals surface area (Å²) in [5, 5.41) is 2.32. The SMILES string of the molecule is COCCOc1ccc(C(F)(F)F)cc1NC(=O)COC. The van der Waals surface area contributed by atoms with Gasteiger partial charge >= 0.3 is 6.18 Å². The third kappa shape index (κ3) is 5.60. The number of amides is 1. The summed E-state index contributed by atoms with van der Waals surface area (Å²) >= 11 is 0. The highest BCUT2D eigenvalue weighted by molar-refractivity contribution is 5.93. The van der Waals surface area contributed by atoms with Crippen molar-refractivity contribution in [1.29, 1.82) is 0 Å². The van der Waals surface area contributed by atoms with Gasteiger partial charge in [-0.25, -0.2) is 0 Å². The Morgan fingerprint density at radius 3 is 2.48 bits per heavy atom. The second-order valence-corrected chi connectivity index (χ2v) is 4.03. The molecule has 0 aliphatic heterocycles. The van der Waals surface area contributed by atoms with Crippen LogP contribution in [0.3, 0.4) is 0 Å². The maximum atomic E-state index is 12.7. The lowest BCUT2D eigenvalue weighted by Gasteiger charge is -2.15. The number of alkyl halides is 3. The fourth-order valence-electron chi connectivity index (χ4n) is 1.48. The molecule has 1 amide bonds. The van der Waals surface area contributed by atoms with E-state index in [2.05, 4.69) is 10.1 Å². The molecule has 21 heavy (non-hydrogen) atoms. The van der Waals surface area contributed by atoms with Crippen LogP contribution in [0.4, 0.5) is 18.9 Å². The molecule has 0 aliphatic carbocycles. The third-order valence-electron chi connectivity index (χ3n) is 2.40. The van der Waals surface area contributed by atoms with Crippen LogP contribution in [-0.4, -0.2) is 39.9 Å². The number of hydrogen-bond donors (Lipinski definition) is 1. The van der Waals surface area contributed by atoms with Crippen LogP contribution in [0.2, 0.25) is 0 Å². The summed E-state index contributed by atoms with van der Waals surface area (Å²) in [6, 6.07) is 2.85. The maximum Gasteiger partial charge on any atom is 0.416 e. The lowest BCUT2D eigenvalue weighted by Crippen LogP contribution is -2.19. The predicted molar refractivity (Wildman–Crippen MR) is 69.3 cm³/mol. The summed E-state index contributed by atoms with van der Waals surface area (Å²) in [5.41, 5.74) is -0.947. The lowest BCUT2D eigenvalue weighted by molar-refractivity contribution is -0.137. The second-order valence-electron chi connectivity index (χ2n) is 4.03. The van der Waals surface area contributed by atoms with Gasteiger partial charge in [-0.3, -0.25) is 4.79 Å². The zero-order valence-electron chi connectivity index (χ0n) is 11.6. The van der Waals surface area contributed by atoms with Crippen molar-refractivity contribution in [2.45, 2.75) is 6.18 Å². The summed E-state index contributed by atoms with van der Waals surface area (Å²) in [5.74, 6) is -0.446. The van der Waals surface area contributed by atoms with Gasteiger partial charge in [-0.05, 0) is 18.2 Å². The topological polar surface area (TPSA) is 56.8 Å². The summed E-state index contributed by atoms with van der Waals surface area (Å²) in [7, 11) is 2.78. The number of hydrogen-bond acceptors (Lipinski definition) is 4. The van der Waals surface area contributed by atoms with Gasteiger partial charge in [0.1, 0.15) is 19.0 Å². The molecule has 5 nitrogen and oxygen atoms in total. The first-order valence-electron chi connectivity index (χ1n) is 6.00. The molecule has 0 atom stereocenters. The van der Waals surface area contributed by atoms with Crippen LogP contribution in [0.15, 0.2) is 18.2 Å². The van der Waals surface area contributed by atoms with Crippen molar-refractivity contribution in [3.05, 3.63) is 23.8 Å². The number of ether oxygens (including phenoxy) is 3. The molecule has 0 fully saturated rings. The van der Waals surface area contributed by atoms with Crippen molar-refractivity contribution in [2.75, 3.05) is 39.4 Å². The van der Waals surface area contributed by atoms with E-state index in [-0.39, 0.29) is 31.3 Å². The van der Waals surface area contributed by atoms with Crippen LogP contribution >= 0.6 is 0 Å². The summed E-state index contributed by atoms with van der Waals surface area (Å²) in [4.78, 5) is 11.5. The van der Waals surface area contributed by atoms with Crippen LogP contribution in [0.5, 0.6) is 5.75 Å². The highest BCUT2D eigenvalue weighted by Crippen LogP contribution is 2.35. The van der Waals surface area contributed by atoms with E-state index in [1.807, 2.05) is 0 Å². The average Bonchev–Trinajstić information content (AvgIpc) is 2.39. The smallest absolute Gasteiger partial charge is 0.416 e. The third-order valence-corrected chi connectivity index (χ3v) is 2.40. The standard InChI is InChI=1S/C13H16F3NO4/c1-19-5-6-21-11-4-3-9(13(14,15)16)7-10(11)17-12(18)8-20-2/h3-4,7H,5-6,8H2,1-2H3,(H,17,18). The number of rotatable bonds is 7. The minimum atomic E-state index is -4.51. The molecule has 0 aliphatic rings. The Kier molecular flexibility index (Phi) is 6.44. The number of nitrogens with one attached hydrogen (secondary N) is 1. The molecule has 0 unspecified atom stereocenters. The summed E-state index contributed by atoms with van der Waals surface area (Å²) in [6.45, 7) is 0.148. The van der Waals surface area contributed by atoms with Gasteiger partial charge in [0.05, 0.1) is 17.9 Å². The minimum Gasteiger partial charge on any atom is -0.489 e. The van der Waals surface area contributed by atoms with Gasteiger partial charge < -0.3 is 19.5 Å². The highest BCUT2D eigenvalue weighted by Gasteiger charge is 2.31. The molecule has 0 aromatic heterocycles. The Hall–Kier alpha value is -1.80. The molecule has 0 spiro atoms. The predicted octanol–water partition coefficient (Wildman–Crippen LogP) is 2.32. The molecule has 1 rings (SSSR count). The molecule has 0 bridgehead atoms. The molecule has 0 radical (unpaired) electrons. The Morgan fingerprint density at radius 1 is 1.19 bits per heavy atom. The van der Waals surface area contributed by atoms with E-state index < -0.39 is 17.6 Å². The maximum absolute atomic E-state index is 12.7. The zero-order chi connectivity index (χ0) is 15.9. The van der Waals surface area contributed by atoms with Crippen molar-refractivity contribution < 1.29 is 32.2 Å². The van der Waals surface area contributed by atoms with Crippen molar-refractivity contribution in [1.82, 2.24) is 0 Å². The molecule has 118 valence electrons. The van der Waals surface area contributed by atoms with E-state index in [0.717, 1.165) is 18.2 Å². The molecular formula is C13H16F3NO4. The van der Waals surface area contributed by atoms with Crippen molar-refractivity contribution in [3.63, 3.8) is 0 Å². The Labute approximate surface area is 120 Å². The lowest BCUT2D eigenvalue weighted by atomic mass is 10.1. The van der Waals surface area contributed by atoms with Gasteiger partial charge in [-0.1, -0.05) is 0 Å². The van der Waals surface area contributed by atoms with Crippen molar-refractivity contribution >= 4 is 11.6 Å². The van der Waals surface area contributed by atoms with E-state index in [1.165, 1.54) is 14.2 Å². The van der Waals surface area contributed by atoms with Gasteiger partial charge in [0, 0.05) is 14.2 Å². The Morgan fingerprint density at radius 2 is 1.90 bits per heavy atom. The minimum absolute atomic E-state index is 0.0667. The van der Waals surface area contributed by atoms with Gasteiger partial charge in [-0.2, -0.15) is 13.2 Å². The first-order chi connectivity index (χ1) is 9.88. The molecular weight excluding hydrogens is 291 g/mol. The van der Waals surface area contributed by atoms with E-state index >= 15 is 0 Å². The molecule has 1 aromatic rings. The Balaban J connectivity index is 2.97. The number of benzene rings is 1. The zero-order valence-corrected chi connectivity index (χ0v) is 11.6. The van der Waals surface area contributed by atoms with Crippen LogP contribution in [0.25, 0.3) is 0 Å². The fraction of sp³-hybridized carbons (Fsp3) is 0.462. The van der Waals surface area contributed by atoms with Crippen molar-refractivity contribution in [2.24, 2.45) is 0 Å². The number of anilines is 1. The van der Waals surface area contributed by atoms with E-state index in [1.54, 1.807) is 0 Å². The molecule has 0 heterocycles. The van der Waals surface area contributed by atoms with Crippen LogP contribution in [0.1, 0.15) is 5.56 Å². The number of methoxy groups -OCH3 is 2.